The predicted octanol–water partition coefficient (Wildman–Crippen LogP) is 5.71. The van der Waals surface area contributed by atoms with Crippen molar-refractivity contribution in [2.75, 3.05) is 0 Å². The molecule has 128 valence electrons. The van der Waals surface area contributed by atoms with Gasteiger partial charge in [-0.3, -0.25) is 4.90 Å². The highest BCUT2D eigenvalue weighted by Gasteiger charge is 2.18. The molecule has 0 spiro atoms. The lowest BCUT2D eigenvalue weighted by atomic mass is 10.0. The zero-order chi connectivity index (χ0) is 17.3. The van der Waals surface area contributed by atoms with E-state index >= 15 is 0 Å². The van der Waals surface area contributed by atoms with Gasteiger partial charge >= 0.3 is 0 Å². The van der Waals surface area contributed by atoms with Gasteiger partial charge in [-0.05, 0) is 29.5 Å². The van der Waals surface area contributed by atoms with Crippen LogP contribution in [0.1, 0.15) is 30.0 Å². The lowest BCUT2D eigenvalue weighted by Gasteiger charge is -2.31. The van der Waals surface area contributed by atoms with Crippen LogP contribution in [0.15, 0.2) is 91.0 Å². The second-order valence-electron chi connectivity index (χ2n) is 6.63. The van der Waals surface area contributed by atoms with Crippen molar-refractivity contribution < 1.29 is 0 Å². The van der Waals surface area contributed by atoms with Crippen molar-refractivity contribution >= 4 is 0 Å². The van der Waals surface area contributed by atoms with Gasteiger partial charge < -0.3 is 0 Å². The summed E-state index contributed by atoms with van der Waals surface area (Å²) in [6.45, 7) is 4.28. The van der Waals surface area contributed by atoms with Crippen molar-refractivity contribution in [1.82, 2.24) is 4.90 Å². The summed E-state index contributed by atoms with van der Waals surface area (Å²) >= 11 is 0. The van der Waals surface area contributed by atoms with E-state index in [1.54, 1.807) is 0 Å². The quantitative estimate of drug-likeness (QED) is 0.511. The molecule has 1 unspecified atom stereocenters. The highest BCUT2D eigenvalue weighted by molar-refractivity contribution is 5.19. The molecule has 0 fully saturated rings. The Balaban J connectivity index is 1.80. The third kappa shape index (κ3) is 5.30. The molecule has 0 saturated heterocycles. The molecule has 0 aliphatic rings. The second-order valence-corrected chi connectivity index (χ2v) is 6.63. The summed E-state index contributed by atoms with van der Waals surface area (Å²) in [5.74, 6) is 0. The molecule has 0 N–H and O–H groups in total. The molecule has 1 heteroatoms. The molecule has 0 heterocycles. The lowest BCUT2D eigenvalue weighted by molar-refractivity contribution is 0.171. The summed E-state index contributed by atoms with van der Waals surface area (Å²) < 4.78 is 0. The third-order valence-corrected chi connectivity index (χ3v) is 4.76. The number of benzene rings is 3. The van der Waals surface area contributed by atoms with Crippen molar-refractivity contribution in [2.24, 2.45) is 0 Å². The fourth-order valence-corrected chi connectivity index (χ4v) is 3.37. The van der Waals surface area contributed by atoms with Crippen molar-refractivity contribution in [3.05, 3.63) is 108 Å². The predicted molar refractivity (Wildman–Crippen MR) is 106 cm³/mol. The number of rotatable bonds is 8. The average Bonchev–Trinajstić information content (AvgIpc) is 2.68. The van der Waals surface area contributed by atoms with E-state index in [0.717, 1.165) is 25.9 Å². The van der Waals surface area contributed by atoms with Crippen molar-refractivity contribution in [2.45, 2.75) is 38.9 Å². The van der Waals surface area contributed by atoms with E-state index in [9.17, 15) is 0 Å². The fraction of sp³-hybridized carbons (Fsp3) is 0.250. The van der Waals surface area contributed by atoms with Gasteiger partial charge in [0.15, 0.2) is 0 Å². The topological polar surface area (TPSA) is 3.24 Å². The maximum absolute atomic E-state index is 2.62. The Morgan fingerprint density at radius 2 is 1.00 bits per heavy atom. The van der Waals surface area contributed by atoms with Gasteiger partial charge in [0, 0.05) is 19.1 Å². The van der Waals surface area contributed by atoms with Gasteiger partial charge in [-0.2, -0.15) is 0 Å². The van der Waals surface area contributed by atoms with Gasteiger partial charge in [0.25, 0.3) is 0 Å². The van der Waals surface area contributed by atoms with E-state index < -0.39 is 0 Å². The van der Waals surface area contributed by atoms with Crippen LogP contribution in [0.5, 0.6) is 0 Å². The largest absolute Gasteiger partial charge is 0.292 e. The van der Waals surface area contributed by atoms with Gasteiger partial charge in [-0.1, -0.05) is 97.9 Å². The van der Waals surface area contributed by atoms with E-state index in [1.807, 2.05) is 0 Å². The SMILES string of the molecule is CCC(Cc1ccccc1)N(Cc1ccccc1)Cc1ccccc1. The summed E-state index contributed by atoms with van der Waals surface area (Å²) in [6.07, 6.45) is 2.24. The molecular formula is C24H27N. The van der Waals surface area contributed by atoms with Crippen LogP contribution in [0.4, 0.5) is 0 Å². The van der Waals surface area contributed by atoms with Gasteiger partial charge in [0.05, 0.1) is 0 Å². The minimum atomic E-state index is 0.530. The monoisotopic (exact) mass is 329 g/mol. The summed E-state index contributed by atoms with van der Waals surface area (Å²) in [7, 11) is 0. The standard InChI is InChI=1S/C24H27N/c1-2-24(18-21-12-6-3-7-13-21)25(19-22-14-8-4-9-15-22)20-23-16-10-5-11-17-23/h3-17,24H,2,18-20H2,1H3. The molecule has 3 rings (SSSR count). The van der Waals surface area contributed by atoms with Crippen LogP contribution in [0.2, 0.25) is 0 Å². The maximum atomic E-state index is 2.62. The Kier molecular flexibility index (Phi) is 6.42. The molecule has 3 aromatic rings. The molecule has 0 bridgehead atoms. The Morgan fingerprint density at radius 3 is 1.40 bits per heavy atom. The van der Waals surface area contributed by atoms with Crippen molar-refractivity contribution in [3.63, 3.8) is 0 Å². The first-order valence-corrected chi connectivity index (χ1v) is 9.21. The molecule has 25 heavy (non-hydrogen) atoms. The minimum absolute atomic E-state index is 0.530. The number of nitrogens with zero attached hydrogens (tertiary/aromatic N) is 1. The van der Waals surface area contributed by atoms with Gasteiger partial charge in [0.1, 0.15) is 0 Å². The summed E-state index contributed by atoms with van der Waals surface area (Å²) in [6, 6.07) is 33.0. The van der Waals surface area contributed by atoms with Crippen LogP contribution < -0.4 is 0 Å². The molecule has 0 radical (unpaired) electrons. The van der Waals surface area contributed by atoms with Crippen LogP contribution in [-0.2, 0) is 19.5 Å². The van der Waals surface area contributed by atoms with Crippen LogP contribution in [0.25, 0.3) is 0 Å². The summed E-state index contributed by atoms with van der Waals surface area (Å²) in [5, 5.41) is 0. The maximum Gasteiger partial charge on any atom is 0.0240 e. The molecule has 3 aromatic carbocycles. The van der Waals surface area contributed by atoms with E-state index in [2.05, 4.69) is 103 Å². The average molecular weight is 329 g/mol. The summed E-state index contributed by atoms with van der Waals surface area (Å²) in [4.78, 5) is 2.62. The van der Waals surface area contributed by atoms with Crippen LogP contribution >= 0.6 is 0 Å². The molecule has 1 atom stereocenters. The van der Waals surface area contributed by atoms with E-state index in [1.165, 1.54) is 16.7 Å². The lowest BCUT2D eigenvalue weighted by Crippen LogP contribution is -2.35. The highest BCUT2D eigenvalue weighted by Crippen LogP contribution is 2.19. The molecule has 0 amide bonds. The molecular weight excluding hydrogens is 302 g/mol. The Bertz CT molecular complexity index is 680. The fourth-order valence-electron chi connectivity index (χ4n) is 3.37. The summed E-state index contributed by atoms with van der Waals surface area (Å²) in [5.41, 5.74) is 4.18. The number of hydrogen-bond donors (Lipinski definition) is 0. The van der Waals surface area contributed by atoms with Crippen molar-refractivity contribution in [3.8, 4) is 0 Å². The van der Waals surface area contributed by atoms with Crippen LogP contribution in [-0.4, -0.2) is 10.9 Å². The minimum Gasteiger partial charge on any atom is -0.292 e. The first-order valence-electron chi connectivity index (χ1n) is 9.21. The van der Waals surface area contributed by atoms with Crippen LogP contribution in [0, 0.1) is 0 Å². The molecule has 0 saturated carbocycles. The molecule has 1 nitrogen and oxygen atoms in total. The van der Waals surface area contributed by atoms with Gasteiger partial charge in [-0.25, -0.2) is 0 Å². The smallest absolute Gasteiger partial charge is 0.0240 e. The molecule has 0 aromatic heterocycles. The normalized spacial score (nSPS) is 12.2. The van der Waals surface area contributed by atoms with E-state index in [-0.39, 0.29) is 0 Å². The van der Waals surface area contributed by atoms with E-state index in [0.29, 0.717) is 6.04 Å². The first kappa shape index (κ1) is 17.4. The van der Waals surface area contributed by atoms with E-state index in [4.69, 9.17) is 0 Å². The highest BCUT2D eigenvalue weighted by atomic mass is 15.1. The third-order valence-electron chi connectivity index (χ3n) is 4.76. The second kappa shape index (κ2) is 9.19. The Morgan fingerprint density at radius 1 is 0.600 bits per heavy atom. The van der Waals surface area contributed by atoms with Crippen molar-refractivity contribution in [1.29, 1.82) is 0 Å². The zero-order valence-electron chi connectivity index (χ0n) is 15.0. The van der Waals surface area contributed by atoms with Gasteiger partial charge in [0.2, 0.25) is 0 Å². The number of hydrogen-bond acceptors (Lipinski definition) is 1. The Labute approximate surface area is 151 Å². The zero-order valence-corrected chi connectivity index (χ0v) is 15.0. The Hall–Kier alpha value is -2.38. The van der Waals surface area contributed by atoms with Gasteiger partial charge in [-0.15, -0.1) is 0 Å². The molecule has 0 aliphatic heterocycles. The molecule has 0 aliphatic carbocycles. The van der Waals surface area contributed by atoms with Crippen LogP contribution in [0.3, 0.4) is 0 Å². The first-order chi connectivity index (χ1) is 12.3.